The molecule has 3 aromatic rings. The summed E-state index contributed by atoms with van der Waals surface area (Å²) in [6, 6.07) is 7.26. The van der Waals surface area contributed by atoms with Crippen LogP contribution in [0, 0.1) is 10.1 Å². The summed E-state index contributed by atoms with van der Waals surface area (Å²) in [7, 11) is 0. The standard InChI is InChI=1S/C17H12F3N7O3/c18-17(19,20)11-3-1-2-4-12(11)24-14-13(27(29)30)15(23-9-22-14)25-26-16(28)10-5-7-21-8-6-10/h1-9H,(H,26,28)(H2,22,23,24,25). The van der Waals surface area contributed by atoms with Crippen LogP contribution in [0.5, 0.6) is 0 Å². The lowest BCUT2D eigenvalue weighted by atomic mass is 10.1. The highest BCUT2D eigenvalue weighted by atomic mass is 19.4. The molecule has 0 spiro atoms. The molecule has 30 heavy (non-hydrogen) atoms. The minimum Gasteiger partial charge on any atom is -0.334 e. The summed E-state index contributed by atoms with van der Waals surface area (Å²) in [5, 5.41) is 13.8. The molecule has 0 saturated heterocycles. The van der Waals surface area contributed by atoms with E-state index in [4.69, 9.17) is 0 Å². The zero-order chi connectivity index (χ0) is 21.7. The van der Waals surface area contributed by atoms with E-state index >= 15 is 0 Å². The van der Waals surface area contributed by atoms with Crippen molar-refractivity contribution in [3.05, 3.63) is 76.4 Å². The van der Waals surface area contributed by atoms with E-state index in [9.17, 15) is 28.1 Å². The van der Waals surface area contributed by atoms with Gasteiger partial charge in [0.2, 0.25) is 11.6 Å². The average Bonchev–Trinajstić information content (AvgIpc) is 2.72. The van der Waals surface area contributed by atoms with Gasteiger partial charge in [0.15, 0.2) is 0 Å². The molecule has 0 aliphatic carbocycles. The first-order valence-electron chi connectivity index (χ1n) is 8.16. The lowest BCUT2D eigenvalue weighted by molar-refractivity contribution is -0.383. The van der Waals surface area contributed by atoms with Crippen molar-refractivity contribution in [2.75, 3.05) is 10.7 Å². The second-order valence-electron chi connectivity index (χ2n) is 5.66. The fourth-order valence-corrected chi connectivity index (χ4v) is 2.39. The van der Waals surface area contributed by atoms with Crippen LogP contribution in [0.2, 0.25) is 0 Å². The second-order valence-corrected chi connectivity index (χ2v) is 5.66. The van der Waals surface area contributed by atoms with Crippen LogP contribution in [0.15, 0.2) is 55.1 Å². The number of anilines is 3. The van der Waals surface area contributed by atoms with Gasteiger partial charge in [-0.05, 0) is 24.3 Å². The van der Waals surface area contributed by atoms with Crippen LogP contribution in [0.4, 0.5) is 36.2 Å². The van der Waals surface area contributed by atoms with Crippen molar-refractivity contribution < 1.29 is 22.9 Å². The predicted octanol–water partition coefficient (Wildman–Crippen LogP) is 3.30. The first-order chi connectivity index (χ1) is 14.3. The Balaban J connectivity index is 1.89. The molecule has 0 saturated carbocycles. The largest absolute Gasteiger partial charge is 0.418 e. The lowest BCUT2D eigenvalue weighted by Crippen LogP contribution is -2.30. The van der Waals surface area contributed by atoms with Crippen molar-refractivity contribution in [2.24, 2.45) is 0 Å². The number of amides is 1. The van der Waals surface area contributed by atoms with Crippen molar-refractivity contribution in [1.82, 2.24) is 20.4 Å². The van der Waals surface area contributed by atoms with Crippen LogP contribution in [0.1, 0.15) is 15.9 Å². The Kier molecular flexibility index (Phi) is 5.71. The van der Waals surface area contributed by atoms with Crippen molar-refractivity contribution in [3.63, 3.8) is 0 Å². The van der Waals surface area contributed by atoms with E-state index in [2.05, 4.69) is 31.1 Å². The number of rotatable bonds is 6. The van der Waals surface area contributed by atoms with Crippen molar-refractivity contribution in [1.29, 1.82) is 0 Å². The third-order valence-corrected chi connectivity index (χ3v) is 3.73. The van der Waals surface area contributed by atoms with Crippen LogP contribution >= 0.6 is 0 Å². The van der Waals surface area contributed by atoms with Crippen molar-refractivity contribution in [3.8, 4) is 0 Å². The van der Waals surface area contributed by atoms with E-state index in [1.807, 2.05) is 0 Å². The Morgan fingerprint density at radius 2 is 1.70 bits per heavy atom. The average molecular weight is 419 g/mol. The molecule has 1 aromatic carbocycles. The molecule has 1 amide bonds. The van der Waals surface area contributed by atoms with Crippen LogP contribution in [0.25, 0.3) is 0 Å². The van der Waals surface area contributed by atoms with Crippen LogP contribution in [0.3, 0.4) is 0 Å². The van der Waals surface area contributed by atoms with Gasteiger partial charge in [0.25, 0.3) is 5.91 Å². The number of nitrogens with zero attached hydrogens (tertiary/aromatic N) is 4. The Bertz CT molecular complexity index is 1080. The minimum atomic E-state index is -4.69. The molecule has 13 heteroatoms. The zero-order valence-corrected chi connectivity index (χ0v) is 14.8. The smallest absolute Gasteiger partial charge is 0.334 e. The summed E-state index contributed by atoms with van der Waals surface area (Å²) < 4.78 is 39.6. The molecule has 154 valence electrons. The molecule has 0 bridgehead atoms. The SMILES string of the molecule is O=C(NNc1ncnc(Nc2ccccc2C(F)(F)F)c1[N+](=O)[O-])c1ccncc1. The number of benzene rings is 1. The third kappa shape index (κ3) is 4.57. The number of hydrogen-bond acceptors (Lipinski definition) is 8. The zero-order valence-electron chi connectivity index (χ0n) is 14.8. The van der Waals surface area contributed by atoms with Gasteiger partial charge in [-0.2, -0.15) is 13.2 Å². The molecule has 0 aliphatic heterocycles. The number of nitro groups is 1. The number of para-hydroxylation sites is 1. The van der Waals surface area contributed by atoms with Crippen LogP contribution in [-0.2, 0) is 6.18 Å². The molecule has 2 aromatic heterocycles. The number of carbonyl (C=O) groups excluding carboxylic acids is 1. The maximum absolute atomic E-state index is 13.2. The Morgan fingerprint density at radius 3 is 2.37 bits per heavy atom. The number of carbonyl (C=O) groups is 1. The Labute approximate surface area is 166 Å². The minimum absolute atomic E-state index is 0.215. The number of hydrogen-bond donors (Lipinski definition) is 3. The number of alkyl halides is 3. The summed E-state index contributed by atoms with van der Waals surface area (Å²) in [6.45, 7) is 0. The predicted molar refractivity (Wildman–Crippen MR) is 98.7 cm³/mol. The monoisotopic (exact) mass is 419 g/mol. The number of hydrazine groups is 1. The fraction of sp³-hybridized carbons (Fsp3) is 0.0588. The second kappa shape index (κ2) is 8.38. The number of nitrogens with one attached hydrogen (secondary N) is 3. The molecule has 10 nitrogen and oxygen atoms in total. The summed E-state index contributed by atoms with van der Waals surface area (Å²) in [6.07, 6.45) is -1.04. The molecule has 0 unspecified atom stereocenters. The normalized spacial score (nSPS) is 10.9. The Hall–Kier alpha value is -4.29. The summed E-state index contributed by atoms with van der Waals surface area (Å²) in [5.41, 5.74) is 2.50. The van der Waals surface area contributed by atoms with Gasteiger partial charge in [-0.3, -0.25) is 30.7 Å². The third-order valence-electron chi connectivity index (χ3n) is 3.73. The van der Waals surface area contributed by atoms with Crippen LogP contribution < -0.4 is 16.2 Å². The number of aromatic nitrogens is 3. The first kappa shape index (κ1) is 20.4. The molecule has 3 rings (SSSR count). The highest BCUT2D eigenvalue weighted by molar-refractivity contribution is 5.95. The lowest BCUT2D eigenvalue weighted by Gasteiger charge is -2.14. The molecular formula is C17H12F3N7O3. The van der Waals surface area contributed by atoms with Crippen molar-refractivity contribution in [2.45, 2.75) is 6.18 Å². The summed E-state index contributed by atoms with van der Waals surface area (Å²) in [4.78, 5) is 33.8. The van der Waals surface area contributed by atoms with Crippen LogP contribution in [-0.4, -0.2) is 25.8 Å². The molecule has 0 aliphatic rings. The first-order valence-corrected chi connectivity index (χ1v) is 8.16. The topological polar surface area (TPSA) is 135 Å². The van der Waals surface area contributed by atoms with Gasteiger partial charge in [-0.1, -0.05) is 12.1 Å². The van der Waals surface area contributed by atoms with E-state index in [1.54, 1.807) is 0 Å². The molecule has 3 N–H and O–H groups in total. The van der Waals surface area contributed by atoms with E-state index in [-0.39, 0.29) is 5.56 Å². The van der Waals surface area contributed by atoms with E-state index in [0.29, 0.717) is 0 Å². The van der Waals surface area contributed by atoms with Gasteiger partial charge in [0.1, 0.15) is 6.33 Å². The summed E-state index contributed by atoms with van der Waals surface area (Å²) in [5.74, 6) is -1.56. The van der Waals surface area contributed by atoms with Gasteiger partial charge < -0.3 is 5.32 Å². The van der Waals surface area contributed by atoms with Gasteiger partial charge in [0, 0.05) is 18.0 Å². The molecule has 0 radical (unpaired) electrons. The fourth-order valence-electron chi connectivity index (χ4n) is 2.39. The van der Waals surface area contributed by atoms with Gasteiger partial charge in [0.05, 0.1) is 16.2 Å². The highest BCUT2D eigenvalue weighted by Gasteiger charge is 2.34. The maximum atomic E-state index is 13.2. The van der Waals surface area contributed by atoms with E-state index in [0.717, 1.165) is 18.5 Å². The Morgan fingerprint density at radius 1 is 1.03 bits per heavy atom. The van der Waals surface area contributed by atoms with Gasteiger partial charge >= 0.3 is 11.9 Å². The molecule has 0 fully saturated rings. The number of halogens is 3. The van der Waals surface area contributed by atoms with E-state index in [1.165, 1.54) is 36.7 Å². The quantitative estimate of drug-likeness (QED) is 0.409. The summed E-state index contributed by atoms with van der Waals surface area (Å²) >= 11 is 0. The maximum Gasteiger partial charge on any atom is 0.418 e. The molecule has 2 heterocycles. The molecule has 0 atom stereocenters. The number of pyridine rings is 1. The molecular weight excluding hydrogens is 407 g/mol. The van der Waals surface area contributed by atoms with E-state index < -0.39 is 45.6 Å². The van der Waals surface area contributed by atoms with Crippen molar-refractivity contribution >= 4 is 28.9 Å². The highest BCUT2D eigenvalue weighted by Crippen LogP contribution is 2.37. The van der Waals surface area contributed by atoms with Gasteiger partial charge in [-0.25, -0.2) is 9.97 Å². The van der Waals surface area contributed by atoms with Gasteiger partial charge in [-0.15, -0.1) is 0 Å².